The average Bonchev–Trinajstić information content (AvgIpc) is 2.38. The molecule has 0 heterocycles. The molecule has 0 spiro atoms. The Balaban J connectivity index is 2.01. The van der Waals surface area contributed by atoms with Crippen LogP contribution in [-0.2, 0) is 11.2 Å². The maximum Gasteiger partial charge on any atom is 0.228 e. The standard InChI is InChI=1S/C16H16BrNO2/c1-11-7-13(17)10-14(8-11)18-16(19)9-12-3-5-15(20-2)6-4-12/h3-8,10H,9H2,1-2H3,(H,18,19). The summed E-state index contributed by atoms with van der Waals surface area (Å²) < 4.78 is 6.05. The van der Waals surface area contributed by atoms with Gasteiger partial charge in [0.05, 0.1) is 13.5 Å². The van der Waals surface area contributed by atoms with E-state index in [0.717, 1.165) is 27.0 Å². The summed E-state index contributed by atoms with van der Waals surface area (Å²) in [6.45, 7) is 1.99. The second kappa shape index (κ2) is 6.57. The van der Waals surface area contributed by atoms with E-state index in [2.05, 4.69) is 21.2 Å². The molecule has 3 nitrogen and oxygen atoms in total. The van der Waals surface area contributed by atoms with Crippen LogP contribution in [0.4, 0.5) is 5.69 Å². The Kier molecular flexibility index (Phi) is 4.79. The van der Waals surface area contributed by atoms with Crippen molar-refractivity contribution < 1.29 is 9.53 Å². The number of nitrogens with one attached hydrogen (secondary N) is 1. The van der Waals surface area contributed by atoms with Crippen LogP contribution in [0.25, 0.3) is 0 Å². The van der Waals surface area contributed by atoms with E-state index in [4.69, 9.17) is 4.74 Å². The summed E-state index contributed by atoms with van der Waals surface area (Å²) in [4.78, 5) is 12.0. The first-order chi connectivity index (χ1) is 9.56. The molecule has 0 fully saturated rings. The number of anilines is 1. The third-order valence-electron chi connectivity index (χ3n) is 2.85. The van der Waals surface area contributed by atoms with E-state index in [9.17, 15) is 4.79 Å². The van der Waals surface area contributed by atoms with Gasteiger partial charge < -0.3 is 10.1 Å². The number of hydrogen-bond acceptors (Lipinski definition) is 2. The van der Waals surface area contributed by atoms with Gasteiger partial charge in [0.1, 0.15) is 5.75 Å². The molecule has 0 aliphatic carbocycles. The van der Waals surface area contributed by atoms with Crippen molar-refractivity contribution in [3.63, 3.8) is 0 Å². The molecule has 104 valence electrons. The second-order valence-corrected chi connectivity index (χ2v) is 5.51. The number of methoxy groups -OCH3 is 1. The number of carbonyl (C=O) groups excluding carboxylic acids is 1. The van der Waals surface area contributed by atoms with Gasteiger partial charge in [0, 0.05) is 10.2 Å². The highest BCUT2D eigenvalue weighted by atomic mass is 79.9. The first kappa shape index (κ1) is 14.6. The lowest BCUT2D eigenvalue weighted by molar-refractivity contribution is -0.115. The number of amides is 1. The Hall–Kier alpha value is -1.81. The number of aryl methyl sites for hydroxylation is 1. The van der Waals surface area contributed by atoms with Gasteiger partial charge in [-0.1, -0.05) is 28.1 Å². The lowest BCUT2D eigenvalue weighted by Crippen LogP contribution is -2.14. The van der Waals surface area contributed by atoms with Crippen LogP contribution in [0.1, 0.15) is 11.1 Å². The zero-order valence-electron chi connectivity index (χ0n) is 11.4. The largest absolute Gasteiger partial charge is 0.497 e. The molecule has 1 N–H and O–H groups in total. The van der Waals surface area contributed by atoms with Crippen molar-refractivity contribution in [1.29, 1.82) is 0 Å². The normalized spacial score (nSPS) is 10.2. The zero-order valence-corrected chi connectivity index (χ0v) is 13.0. The third kappa shape index (κ3) is 4.10. The van der Waals surface area contributed by atoms with Crippen molar-refractivity contribution >= 4 is 27.5 Å². The van der Waals surface area contributed by atoms with Crippen LogP contribution in [0, 0.1) is 6.92 Å². The molecule has 0 saturated carbocycles. The number of benzene rings is 2. The van der Waals surface area contributed by atoms with Crippen LogP contribution < -0.4 is 10.1 Å². The molecular weight excluding hydrogens is 318 g/mol. The predicted octanol–water partition coefficient (Wildman–Crippen LogP) is 3.95. The molecule has 2 aromatic carbocycles. The average molecular weight is 334 g/mol. The first-order valence-electron chi connectivity index (χ1n) is 6.27. The second-order valence-electron chi connectivity index (χ2n) is 4.59. The van der Waals surface area contributed by atoms with Crippen LogP contribution >= 0.6 is 15.9 Å². The van der Waals surface area contributed by atoms with E-state index >= 15 is 0 Å². The van der Waals surface area contributed by atoms with Crippen molar-refractivity contribution in [2.45, 2.75) is 13.3 Å². The van der Waals surface area contributed by atoms with Crippen molar-refractivity contribution in [2.75, 3.05) is 12.4 Å². The fourth-order valence-electron chi connectivity index (χ4n) is 1.94. The van der Waals surface area contributed by atoms with Crippen molar-refractivity contribution in [3.8, 4) is 5.75 Å². The Morgan fingerprint density at radius 1 is 1.20 bits per heavy atom. The SMILES string of the molecule is COc1ccc(CC(=O)Nc2cc(C)cc(Br)c2)cc1. The number of hydrogen-bond donors (Lipinski definition) is 1. The van der Waals surface area contributed by atoms with E-state index in [1.165, 1.54) is 0 Å². The Morgan fingerprint density at radius 2 is 1.90 bits per heavy atom. The first-order valence-corrected chi connectivity index (χ1v) is 7.06. The van der Waals surface area contributed by atoms with Crippen molar-refractivity contribution in [2.24, 2.45) is 0 Å². The smallest absolute Gasteiger partial charge is 0.228 e. The van der Waals surface area contributed by atoms with E-state index < -0.39 is 0 Å². The highest BCUT2D eigenvalue weighted by Crippen LogP contribution is 2.19. The molecule has 0 radical (unpaired) electrons. The van der Waals surface area contributed by atoms with Gasteiger partial charge in [-0.05, 0) is 48.4 Å². The summed E-state index contributed by atoms with van der Waals surface area (Å²) in [5, 5.41) is 2.90. The van der Waals surface area contributed by atoms with E-state index in [0.29, 0.717) is 6.42 Å². The molecule has 0 aliphatic rings. The number of carbonyl (C=O) groups is 1. The molecule has 0 saturated heterocycles. The predicted molar refractivity (Wildman–Crippen MR) is 84.2 cm³/mol. The monoisotopic (exact) mass is 333 g/mol. The molecule has 0 aliphatic heterocycles. The van der Waals surface area contributed by atoms with Crippen LogP contribution in [0.3, 0.4) is 0 Å². The van der Waals surface area contributed by atoms with Gasteiger partial charge >= 0.3 is 0 Å². The fourth-order valence-corrected chi connectivity index (χ4v) is 2.55. The van der Waals surface area contributed by atoms with E-state index in [1.807, 2.05) is 49.4 Å². The van der Waals surface area contributed by atoms with Gasteiger partial charge in [-0.3, -0.25) is 4.79 Å². The van der Waals surface area contributed by atoms with Crippen molar-refractivity contribution in [3.05, 3.63) is 58.1 Å². The third-order valence-corrected chi connectivity index (χ3v) is 3.31. The maximum absolute atomic E-state index is 12.0. The summed E-state index contributed by atoms with van der Waals surface area (Å²) in [6.07, 6.45) is 0.343. The van der Waals surface area contributed by atoms with Gasteiger partial charge in [0.2, 0.25) is 5.91 Å². The summed E-state index contributed by atoms with van der Waals surface area (Å²) >= 11 is 3.42. The van der Waals surface area contributed by atoms with E-state index in [-0.39, 0.29) is 5.91 Å². The minimum absolute atomic E-state index is 0.0346. The lowest BCUT2D eigenvalue weighted by Gasteiger charge is -2.07. The molecule has 2 aromatic rings. The van der Waals surface area contributed by atoms with Crippen LogP contribution in [0.15, 0.2) is 46.9 Å². The van der Waals surface area contributed by atoms with Gasteiger partial charge in [-0.25, -0.2) is 0 Å². The van der Waals surface area contributed by atoms with Gasteiger partial charge in [-0.15, -0.1) is 0 Å². The molecule has 0 atom stereocenters. The number of ether oxygens (including phenoxy) is 1. The van der Waals surface area contributed by atoms with Crippen molar-refractivity contribution in [1.82, 2.24) is 0 Å². The molecule has 0 aromatic heterocycles. The van der Waals surface area contributed by atoms with Gasteiger partial charge in [0.25, 0.3) is 0 Å². The molecule has 0 unspecified atom stereocenters. The zero-order chi connectivity index (χ0) is 14.5. The summed E-state index contributed by atoms with van der Waals surface area (Å²) in [5.41, 5.74) is 2.85. The molecule has 4 heteroatoms. The van der Waals surface area contributed by atoms with Crippen LogP contribution in [0.5, 0.6) is 5.75 Å². The Morgan fingerprint density at radius 3 is 2.50 bits per heavy atom. The van der Waals surface area contributed by atoms with E-state index in [1.54, 1.807) is 7.11 Å². The summed E-state index contributed by atoms with van der Waals surface area (Å²) in [7, 11) is 1.62. The number of rotatable bonds is 4. The molecular formula is C16H16BrNO2. The molecule has 1 amide bonds. The lowest BCUT2D eigenvalue weighted by atomic mass is 10.1. The minimum atomic E-state index is -0.0346. The molecule has 2 rings (SSSR count). The highest BCUT2D eigenvalue weighted by Gasteiger charge is 2.05. The quantitative estimate of drug-likeness (QED) is 0.919. The van der Waals surface area contributed by atoms with Crippen LogP contribution in [0.2, 0.25) is 0 Å². The fraction of sp³-hybridized carbons (Fsp3) is 0.188. The molecule has 0 bridgehead atoms. The Labute approximate surface area is 127 Å². The van der Waals surface area contributed by atoms with Crippen LogP contribution in [-0.4, -0.2) is 13.0 Å². The van der Waals surface area contributed by atoms with Gasteiger partial charge in [0.15, 0.2) is 0 Å². The Bertz CT molecular complexity index is 588. The summed E-state index contributed by atoms with van der Waals surface area (Å²) in [5.74, 6) is 0.754. The number of halogens is 1. The molecule has 20 heavy (non-hydrogen) atoms. The minimum Gasteiger partial charge on any atom is -0.497 e. The summed E-state index contributed by atoms with van der Waals surface area (Å²) in [6, 6.07) is 13.3. The topological polar surface area (TPSA) is 38.3 Å². The van der Waals surface area contributed by atoms with Gasteiger partial charge in [-0.2, -0.15) is 0 Å². The maximum atomic E-state index is 12.0. The highest BCUT2D eigenvalue weighted by molar-refractivity contribution is 9.10.